The number of aliphatic hydroxyl groups is 1. The van der Waals surface area contributed by atoms with Crippen LogP contribution in [-0.2, 0) is 23.4 Å². The van der Waals surface area contributed by atoms with E-state index in [4.69, 9.17) is 18.5 Å². The fraction of sp³-hybridized carbons (Fsp3) is 0.520. The van der Waals surface area contributed by atoms with Crippen molar-refractivity contribution in [1.29, 1.82) is 0 Å². The number of benzene rings is 1. The summed E-state index contributed by atoms with van der Waals surface area (Å²) < 4.78 is 53.2. The third kappa shape index (κ3) is 6.26. The van der Waals surface area contributed by atoms with E-state index in [1.165, 1.54) is 24.7 Å². The number of rotatable bonds is 11. The number of para-hydroxylation sites is 1. The average molecular weight is 581 g/mol. The van der Waals surface area contributed by atoms with E-state index in [0.717, 1.165) is 0 Å². The summed E-state index contributed by atoms with van der Waals surface area (Å²) >= 11 is 0. The van der Waals surface area contributed by atoms with E-state index in [1.807, 2.05) is 0 Å². The number of nitrogens with zero attached hydrogens (tertiary/aromatic N) is 4. The van der Waals surface area contributed by atoms with Crippen LogP contribution in [0.2, 0.25) is 0 Å². The molecule has 40 heavy (non-hydrogen) atoms. The molecule has 3 N–H and O–H groups in total. The Labute approximate surface area is 231 Å². The Morgan fingerprint density at radius 3 is 2.62 bits per heavy atom. The van der Waals surface area contributed by atoms with Gasteiger partial charge >= 0.3 is 13.7 Å². The van der Waals surface area contributed by atoms with E-state index >= 15 is 4.39 Å². The predicted molar refractivity (Wildman–Crippen MR) is 143 cm³/mol. The number of halogens is 1. The van der Waals surface area contributed by atoms with Crippen LogP contribution >= 0.6 is 7.75 Å². The summed E-state index contributed by atoms with van der Waals surface area (Å²) in [6.45, 7) is 7.41. The van der Waals surface area contributed by atoms with Crippen molar-refractivity contribution < 1.29 is 37.4 Å². The third-order valence-corrected chi connectivity index (χ3v) is 7.85. The van der Waals surface area contributed by atoms with Crippen molar-refractivity contribution in [2.75, 3.05) is 19.0 Å². The molecule has 1 aliphatic heterocycles. The van der Waals surface area contributed by atoms with Crippen molar-refractivity contribution in [1.82, 2.24) is 24.6 Å². The second kappa shape index (κ2) is 11.8. The summed E-state index contributed by atoms with van der Waals surface area (Å²) in [7, 11) is -2.64. The molecular weight excluding hydrogens is 546 g/mol. The molecule has 0 unspecified atom stereocenters. The van der Waals surface area contributed by atoms with E-state index in [9.17, 15) is 14.5 Å². The van der Waals surface area contributed by atoms with Gasteiger partial charge in [-0.05, 0) is 46.8 Å². The maximum Gasteiger partial charge on any atom is 0.459 e. The third-order valence-electron chi connectivity index (χ3n) is 6.23. The van der Waals surface area contributed by atoms with Gasteiger partial charge in [-0.15, -0.1) is 0 Å². The molecule has 4 rings (SSSR count). The van der Waals surface area contributed by atoms with Gasteiger partial charge in [0, 0.05) is 7.05 Å². The molecule has 3 heterocycles. The smallest absolute Gasteiger partial charge is 0.459 e. The van der Waals surface area contributed by atoms with Crippen LogP contribution in [0.1, 0.15) is 39.6 Å². The highest BCUT2D eigenvalue weighted by Gasteiger charge is 2.55. The molecule has 13 nitrogen and oxygen atoms in total. The maximum atomic E-state index is 15.5. The lowest BCUT2D eigenvalue weighted by atomic mass is 9.99. The van der Waals surface area contributed by atoms with Gasteiger partial charge in [0.05, 0.1) is 24.7 Å². The Balaban J connectivity index is 1.57. The molecule has 0 amide bonds. The van der Waals surface area contributed by atoms with Crippen molar-refractivity contribution in [3.8, 4) is 5.75 Å². The zero-order chi connectivity index (χ0) is 29.2. The summed E-state index contributed by atoms with van der Waals surface area (Å²) in [5.41, 5.74) is -0.350. The number of hydrogen-bond donors (Lipinski definition) is 3. The van der Waals surface area contributed by atoms with Crippen molar-refractivity contribution in [2.24, 2.45) is 0 Å². The van der Waals surface area contributed by atoms with E-state index in [-0.39, 0.29) is 5.75 Å². The summed E-state index contributed by atoms with van der Waals surface area (Å²) in [6, 6.07) is 7.10. The lowest BCUT2D eigenvalue weighted by Gasteiger charge is -2.30. The minimum absolute atomic E-state index is 0.197. The molecule has 15 heteroatoms. The van der Waals surface area contributed by atoms with Crippen LogP contribution in [0.15, 0.2) is 36.7 Å². The highest BCUT2D eigenvalue weighted by atomic mass is 31.2. The molecule has 1 fully saturated rings. The molecular formula is C25H34FN6O7P. The normalized spacial score (nSPS) is 25.1. The predicted octanol–water partition coefficient (Wildman–Crippen LogP) is 3.30. The van der Waals surface area contributed by atoms with E-state index in [0.29, 0.717) is 22.8 Å². The first kappa shape index (κ1) is 29.8. The molecule has 0 aliphatic carbocycles. The number of alkyl halides is 1. The second-order valence-corrected chi connectivity index (χ2v) is 11.6. The number of ether oxygens (including phenoxy) is 2. The Bertz CT molecular complexity index is 1390. The van der Waals surface area contributed by atoms with Crippen LogP contribution in [-0.4, -0.2) is 74.3 Å². The Morgan fingerprint density at radius 1 is 1.27 bits per heavy atom. The second-order valence-electron chi connectivity index (χ2n) is 9.93. The number of hydrogen-bond acceptors (Lipinski definition) is 11. The molecule has 1 aromatic carbocycles. The first-order chi connectivity index (χ1) is 18.9. The lowest BCUT2D eigenvalue weighted by molar-refractivity contribution is -0.149. The molecule has 0 saturated carbocycles. The summed E-state index contributed by atoms with van der Waals surface area (Å²) in [4.78, 5) is 25.3. The molecule has 218 valence electrons. The number of carbonyl (C=O) groups is 1. The topological polar surface area (TPSA) is 159 Å². The van der Waals surface area contributed by atoms with Crippen molar-refractivity contribution >= 4 is 30.8 Å². The van der Waals surface area contributed by atoms with Crippen LogP contribution in [0.3, 0.4) is 0 Å². The molecule has 1 aliphatic rings. The first-order valence-electron chi connectivity index (χ1n) is 12.7. The number of esters is 1. The van der Waals surface area contributed by atoms with E-state index in [1.54, 1.807) is 58.2 Å². The van der Waals surface area contributed by atoms with Gasteiger partial charge in [-0.3, -0.25) is 13.9 Å². The number of imidazole rings is 1. The van der Waals surface area contributed by atoms with Crippen LogP contribution in [0.25, 0.3) is 11.2 Å². The maximum absolute atomic E-state index is 15.5. The molecule has 0 bridgehead atoms. The summed E-state index contributed by atoms with van der Waals surface area (Å²) in [6.07, 6.45) is -3.97. The van der Waals surface area contributed by atoms with Gasteiger partial charge in [0.2, 0.25) is 5.95 Å². The lowest BCUT2D eigenvalue weighted by Crippen LogP contribution is -2.44. The standard InChI is InChI=1S/C25H34FN6O7P/c1-14(2)37-23(34)16(4)31-40(35,39-17-10-8-7-9-11-17)36-12-25(5)20(33)18(26)22(38-25)32-13-28-19-15(3)29-24(27-6)30-21(19)32/h7-11,13-14,16,18,20,22,33H,12H2,1-6H3,(H,31,35)(H,27,29,30)/t16-,18+,20-,22+,25+,40-/m0/s1. The zero-order valence-corrected chi connectivity index (χ0v) is 24.0. The van der Waals surface area contributed by atoms with Crippen LogP contribution < -0.4 is 14.9 Å². The first-order valence-corrected chi connectivity index (χ1v) is 14.3. The van der Waals surface area contributed by atoms with Crippen LogP contribution in [0.5, 0.6) is 5.75 Å². The quantitative estimate of drug-likeness (QED) is 0.225. The number of carbonyl (C=O) groups excluding carboxylic acids is 1. The average Bonchev–Trinajstić information content (AvgIpc) is 3.43. The molecule has 6 atom stereocenters. The SMILES string of the molecule is CNc1nc(C)c2ncn([C@@H]3O[C@](C)(CO[P@@](=O)(N[C@@H](C)C(=O)OC(C)C)Oc4ccccc4)[C@@H](O)[C@H]3F)c2n1. The molecule has 0 radical (unpaired) electrons. The fourth-order valence-corrected chi connectivity index (χ4v) is 5.72. The number of nitrogens with one attached hydrogen (secondary N) is 2. The zero-order valence-electron chi connectivity index (χ0n) is 23.1. The minimum Gasteiger partial charge on any atom is -0.462 e. The molecule has 3 aromatic rings. The van der Waals surface area contributed by atoms with Gasteiger partial charge in [-0.1, -0.05) is 18.2 Å². The van der Waals surface area contributed by atoms with Crippen molar-refractivity contribution in [3.63, 3.8) is 0 Å². The largest absolute Gasteiger partial charge is 0.462 e. The minimum atomic E-state index is -4.28. The Morgan fingerprint density at radius 2 is 1.98 bits per heavy atom. The Hall–Kier alpha value is -3.16. The van der Waals surface area contributed by atoms with E-state index in [2.05, 4.69) is 25.4 Å². The number of fused-ring (bicyclic) bond motifs is 1. The fourth-order valence-electron chi connectivity index (χ4n) is 4.14. The van der Waals surface area contributed by atoms with Crippen LogP contribution in [0.4, 0.5) is 10.3 Å². The number of aryl methyl sites for hydroxylation is 1. The van der Waals surface area contributed by atoms with Gasteiger partial charge < -0.3 is 24.4 Å². The van der Waals surface area contributed by atoms with Crippen LogP contribution in [0, 0.1) is 6.92 Å². The summed E-state index contributed by atoms with van der Waals surface area (Å²) in [5.74, 6) is -0.169. The summed E-state index contributed by atoms with van der Waals surface area (Å²) in [5, 5.41) is 16.3. The molecule has 0 spiro atoms. The van der Waals surface area contributed by atoms with Gasteiger partial charge in [-0.25, -0.2) is 18.9 Å². The molecule has 1 saturated heterocycles. The van der Waals surface area contributed by atoms with Crippen molar-refractivity contribution in [2.45, 2.75) is 70.9 Å². The monoisotopic (exact) mass is 580 g/mol. The number of anilines is 1. The number of aliphatic hydroxyl groups excluding tert-OH is 1. The van der Waals surface area contributed by atoms with Gasteiger partial charge in [0.25, 0.3) is 0 Å². The highest BCUT2D eigenvalue weighted by Crippen LogP contribution is 2.48. The van der Waals surface area contributed by atoms with Gasteiger partial charge in [-0.2, -0.15) is 10.1 Å². The highest BCUT2D eigenvalue weighted by molar-refractivity contribution is 7.52. The van der Waals surface area contributed by atoms with Crippen molar-refractivity contribution in [3.05, 3.63) is 42.4 Å². The van der Waals surface area contributed by atoms with Gasteiger partial charge in [0.1, 0.15) is 29.0 Å². The molecule has 2 aromatic heterocycles. The van der Waals surface area contributed by atoms with Gasteiger partial charge in [0.15, 0.2) is 18.0 Å². The Kier molecular flexibility index (Phi) is 8.76. The number of aromatic nitrogens is 4. The van der Waals surface area contributed by atoms with E-state index < -0.39 is 56.6 Å².